The van der Waals surface area contributed by atoms with Crippen LogP contribution < -0.4 is 19.7 Å². The molecule has 0 aliphatic carbocycles. The van der Waals surface area contributed by atoms with E-state index in [2.05, 4.69) is 5.32 Å². The maximum atomic E-state index is 13.8. The molecule has 4 rings (SSSR count). The molecule has 2 aliphatic heterocycles. The van der Waals surface area contributed by atoms with Crippen molar-refractivity contribution in [1.82, 2.24) is 0 Å². The molecule has 0 saturated carbocycles. The highest BCUT2D eigenvalue weighted by atomic mass is 19.1. The lowest BCUT2D eigenvalue weighted by atomic mass is 10.0. The average molecular weight is 389 g/mol. The van der Waals surface area contributed by atoms with Crippen molar-refractivity contribution in [3.05, 3.63) is 53.6 Å². The number of nitrogens with one attached hydrogen (secondary N) is 2. The van der Waals surface area contributed by atoms with Crippen LogP contribution in [0.1, 0.15) is 30.9 Å². The second-order valence-electron chi connectivity index (χ2n) is 7.21. The first kappa shape index (κ1) is 18.7. The molecule has 1 unspecified atom stereocenters. The molecule has 7 heteroatoms. The zero-order chi connectivity index (χ0) is 19.5. The molecule has 0 aromatic heterocycles. The molecule has 0 bridgehead atoms. The van der Waals surface area contributed by atoms with E-state index in [9.17, 15) is 13.6 Å². The first-order chi connectivity index (χ1) is 13.6. The SMILES string of the molecule is O=C(C[NH+]1CCC[C@@H]1c1ccc2c(c1)OCCCO2)Nc1cc(F)ccc1F. The quantitative estimate of drug-likeness (QED) is 0.845. The van der Waals surface area contributed by atoms with Gasteiger partial charge in [0, 0.05) is 30.9 Å². The minimum absolute atomic E-state index is 0.129. The van der Waals surface area contributed by atoms with Crippen molar-refractivity contribution in [2.45, 2.75) is 25.3 Å². The van der Waals surface area contributed by atoms with Gasteiger partial charge in [0.2, 0.25) is 0 Å². The number of amides is 1. The average Bonchev–Trinajstić information content (AvgIpc) is 3.00. The van der Waals surface area contributed by atoms with E-state index in [1.165, 1.54) is 0 Å². The topological polar surface area (TPSA) is 52.0 Å². The van der Waals surface area contributed by atoms with Crippen LogP contribution in [0, 0.1) is 11.6 Å². The minimum atomic E-state index is -0.648. The van der Waals surface area contributed by atoms with Crippen LogP contribution in [-0.2, 0) is 4.79 Å². The summed E-state index contributed by atoms with van der Waals surface area (Å²) in [5.41, 5.74) is 0.970. The van der Waals surface area contributed by atoms with Crippen molar-refractivity contribution in [3.8, 4) is 11.5 Å². The molecule has 148 valence electrons. The molecule has 2 aromatic rings. The Bertz CT molecular complexity index is 875. The van der Waals surface area contributed by atoms with E-state index in [0.29, 0.717) is 13.2 Å². The third kappa shape index (κ3) is 4.09. The van der Waals surface area contributed by atoms with E-state index in [1.807, 2.05) is 18.2 Å². The van der Waals surface area contributed by atoms with Gasteiger partial charge in [-0.05, 0) is 30.3 Å². The fourth-order valence-electron chi connectivity index (χ4n) is 3.92. The second kappa shape index (κ2) is 8.14. The normalized spacial score (nSPS) is 21.2. The highest BCUT2D eigenvalue weighted by Crippen LogP contribution is 2.33. The smallest absolute Gasteiger partial charge is 0.279 e. The second-order valence-corrected chi connectivity index (χ2v) is 7.21. The summed E-state index contributed by atoms with van der Waals surface area (Å²) in [6.45, 7) is 2.30. The summed E-state index contributed by atoms with van der Waals surface area (Å²) in [4.78, 5) is 13.5. The van der Waals surface area contributed by atoms with Crippen molar-refractivity contribution in [3.63, 3.8) is 0 Å². The fraction of sp³-hybridized carbons (Fsp3) is 0.381. The molecule has 1 fully saturated rings. The minimum Gasteiger partial charge on any atom is -0.490 e. The third-order valence-electron chi connectivity index (χ3n) is 5.25. The van der Waals surface area contributed by atoms with Crippen LogP contribution in [0.2, 0.25) is 0 Å². The summed E-state index contributed by atoms with van der Waals surface area (Å²) in [6.07, 6.45) is 2.80. The van der Waals surface area contributed by atoms with Gasteiger partial charge in [-0.25, -0.2) is 8.78 Å². The number of rotatable bonds is 4. The molecular formula is C21H23F2N2O3+. The molecule has 0 radical (unpaired) electrons. The first-order valence-corrected chi connectivity index (χ1v) is 9.59. The fourth-order valence-corrected chi connectivity index (χ4v) is 3.92. The van der Waals surface area contributed by atoms with E-state index in [-0.39, 0.29) is 24.2 Å². The first-order valence-electron chi connectivity index (χ1n) is 9.59. The summed E-state index contributed by atoms with van der Waals surface area (Å²) in [5, 5.41) is 2.49. The number of hydrogen-bond donors (Lipinski definition) is 2. The highest BCUT2D eigenvalue weighted by Gasteiger charge is 2.32. The van der Waals surface area contributed by atoms with Crippen LogP contribution in [0.4, 0.5) is 14.5 Å². The lowest BCUT2D eigenvalue weighted by molar-refractivity contribution is -0.910. The third-order valence-corrected chi connectivity index (χ3v) is 5.25. The summed E-state index contributed by atoms with van der Waals surface area (Å²) in [5.74, 6) is -0.0747. The van der Waals surface area contributed by atoms with E-state index in [0.717, 1.165) is 66.0 Å². The largest absolute Gasteiger partial charge is 0.490 e. The number of carbonyl (C=O) groups excluding carboxylic acids is 1. The van der Waals surface area contributed by atoms with E-state index in [1.54, 1.807) is 0 Å². The van der Waals surface area contributed by atoms with Crippen LogP contribution >= 0.6 is 0 Å². The van der Waals surface area contributed by atoms with Gasteiger partial charge in [0.05, 0.1) is 25.4 Å². The summed E-state index contributed by atoms with van der Waals surface area (Å²) >= 11 is 0. The Labute approximate surface area is 162 Å². The van der Waals surface area contributed by atoms with Crippen molar-refractivity contribution in [2.75, 3.05) is 31.6 Å². The Morgan fingerprint density at radius 3 is 2.75 bits per heavy atom. The van der Waals surface area contributed by atoms with Crippen molar-refractivity contribution in [1.29, 1.82) is 0 Å². The highest BCUT2D eigenvalue weighted by molar-refractivity contribution is 5.91. The molecule has 2 aliphatic rings. The molecule has 28 heavy (non-hydrogen) atoms. The number of ether oxygens (including phenoxy) is 2. The zero-order valence-corrected chi connectivity index (χ0v) is 15.5. The van der Waals surface area contributed by atoms with Gasteiger partial charge >= 0.3 is 0 Å². The Morgan fingerprint density at radius 2 is 1.89 bits per heavy atom. The Kier molecular flexibility index (Phi) is 5.43. The van der Waals surface area contributed by atoms with Crippen LogP contribution in [0.25, 0.3) is 0 Å². The number of anilines is 1. The number of fused-ring (bicyclic) bond motifs is 1. The number of halogens is 2. The molecule has 1 amide bonds. The van der Waals surface area contributed by atoms with Crippen LogP contribution in [0.15, 0.2) is 36.4 Å². The van der Waals surface area contributed by atoms with Crippen molar-refractivity contribution < 1.29 is 27.9 Å². The van der Waals surface area contributed by atoms with E-state index in [4.69, 9.17) is 9.47 Å². The van der Waals surface area contributed by atoms with Crippen LogP contribution in [-0.4, -0.2) is 32.2 Å². The summed E-state index contributed by atoms with van der Waals surface area (Å²) < 4.78 is 38.5. The Morgan fingerprint density at radius 1 is 1.07 bits per heavy atom. The number of likely N-dealkylation sites (tertiary alicyclic amines) is 1. The van der Waals surface area contributed by atoms with Gasteiger partial charge in [0.25, 0.3) is 5.91 Å². The van der Waals surface area contributed by atoms with Crippen molar-refractivity contribution in [2.24, 2.45) is 0 Å². The number of hydrogen-bond acceptors (Lipinski definition) is 3. The molecular weight excluding hydrogens is 366 g/mol. The van der Waals surface area contributed by atoms with Gasteiger partial charge < -0.3 is 19.7 Å². The monoisotopic (exact) mass is 389 g/mol. The summed E-state index contributed by atoms with van der Waals surface area (Å²) in [7, 11) is 0. The number of quaternary nitrogens is 1. The maximum Gasteiger partial charge on any atom is 0.279 e. The van der Waals surface area contributed by atoms with Gasteiger partial charge in [-0.1, -0.05) is 0 Å². The molecule has 1 saturated heterocycles. The standard InChI is InChI=1S/C21H22F2N2O3/c22-15-5-6-16(23)17(12-15)24-21(26)13-25-8-1-3-18(25)14-4-7-19-20(11-14)28-10-2-9-27-19/h4-7,11-12,18H,1-3,8-10,13H2,(H,24,26)/p+1/t18-/m1/s1. The molecule has 0 spiro atoms. The molecule has 2 aromatic carbocycles. The molecule has 5 nitrogen and oxygen atoms in total. The molecule has 2 heterocycles. The van der Waals surface area contributed by atoms with Gasteiger partial charge in [-0.3, -0.25) is 4.79 Å². The maximum absolute atomic E-state index is 13.8. The van der Waals surface area contributed by atoms with Gasteiger partial charge in [0.1, 0.15) is 17.7 Å². The van der Waals surface area contributed by atoms with Gasteiger partial charge in [-0.15, -0.1) is 0 Å². The molecule has 2 atom stereocenters. The van der Waals surface area contributed by atoms with Crippen LogP contribution in [0.5, 0.6) is 11.5 Å². The van der Waals surface area contributed by atoms with Crippen LogP contribution in [0.3, 0.4) is 0 Å². The van der Waals surface area contributed by atoms with Crippen molar-refractivity contribution >= 4 is 11.6 Å². The van der Waals surface area contributed by atoms with E-state index < -0.39 is 11.6 Å². The predicted octanol–water partition coefficient (Wildman–Crippen LogP) is 2.48. The Balaban J connectivity index is 1.45. The van der Waals surface area contributed by atoms with E-state index >= 15 is 0 Å². The lowest BCUT2D eigenvalue weighted by Gasteiger charge is -2.22. The number of benzene rings is 2. The van der Waals surface area contributed by atoms with Gasteiger partial charge in [-0.2, -0.15) is 0 Å². The zero-order valence-electron chi connectivity index (χ0n) is 15.5. The molecule has 2 N–H and O–H groups in total. The summed E-state index contributed by atoms with van der Waals surface area (Å²) in [6, 6.07) is 9.13. The lowest BCUT2D eigenvalue weighted by Crippen LogP contribution is -3.11. The Hall–Kier alpha value is -2.67. The predicted molar refractivity (Wildman–Crippen MR) is 99.7 cm³/mol. The number of carbonyl (C=O) groups is 1. The van der Waals surface area contributed by atoms with Gasteiger partial charge in [0.15, 0.2) is 18.0 Å².